The molecule has 0 aliphatic heterocycles. The van der Waals surface area contributed by atoms with Crippen molar-refractivity contribution in [1.82, 2.24) is 5.32 Å². The summed E-state index contributed by atoms with van der Waals surface area (Å²) in [6.45, 7) is 0.236. The second kappa shape index (κ2) is 5.84. The van der Waals surface area contributed by atoms with Gasteiger partial charge in [0.1, 0.15) is 12.7 Å². The number of carbonyl (C=O) groups is 1. The number of benzene rings is 1. The Morgan fingerprint density at radius 3 is 2.78 bits per heavy atom. The molecule has 1 saturated carbocycles. The van der Waals surface area contributed by atoms with E-state index in [2.05, 4.69) is 5.32 Å². The first kappa shape index (κ1) is 12.9. The molecule has 18 heavy (non-hydrogen) atoms. The molecule has 1 unspecified atom stereocenters. The lowest BCUT2D eigenvalue weighted by atomic mass is 9.85. The summed E-state index contributed by atoms with van der Waals surface area (Å²) in [6, 6.07) is 9.28. The summed E-state index contributed by atoms with van der Waals surface area (Å²) >= 11 is 0. The summed E-state index contributed by atoms with van der Waals surface area (Å²) in [4.78, 5) is 11.5. The molecule has 0 heterocycles. The van der Waals surface area contributed by atoms with E-state index < -0.39 is 12.2 Å². The fraction of sp³-hybridized carbons (Fsp3) is 0.462. The molecule has 0 bridgehead atoms. The highest BCUT2D eigenvalue weighted by Crippen LogP contribution is 2.23. The molecule has 2 rings (SSSR count). The van der Waals surface area contributed by atoms with E-state index in [1.165, 1.54) is 7.11 Å². The van der Waals surface area contributed by atoms with E-state index in [1.54, 1.807) is 0 Å². The predicted octanol–water partition coefficient (Wildman–Crippen LogP) is 1.06. The van der Waals surface area contributed by atoms with Crippen molar-refractivity contribution in [3.05, 3.63) is 35.9 Å². The summed E-state index contributed by atoms with van der Waals surface area (Å²) in [5.41, 5.74) is 0.935. The third-order valence-electron chi connectivity index (χ3n) is 3.06. The van der Waals surface area contributed by atoms with E-state index in [4.69, 9.17) is 9.47 Å². The summed E-state index contributed by atoms with van der Waals surface area (Å²) in [5, 5.41) is 12.1. The molecule has 5 heteroatoms. The van der Waals surface area contributed by atoms with E-state index in [0.717, 1.165) is 5.56 Å². The molecule has 1 amide bonds. The number of amides is 1. The van der Waals surface area contributed by atoms with Crippen molar-refractivity contribution in [1.29, 1.82) is 0 Å². The molecule has 0 radical (unpaired) electrons. The first-order chi connectivity index (χ1) is 8.70. The van der Waals surface area contributed by atoms with Crippen LogP contribution in [0.25, 0.3) is 0 Å². The lowest BCUT2D eigenvalue weighted by Crippen LogP contribution is -2.60. The van der Waals surface area contributed by atoms with Gasteiger partial charge in [-0.15, -0.1) is 0 Å². The highest BCUT2D eigenvalue weighted by atomic mass is 16.5. The number of hydrogen-bond donors (Lipinski definition) is 2. The Morgan fingerprint density at radius 2 is 2.17 bits per heavy atom. The van der Waals surface area contributed by atoms with Crippen LogP contribution in [-0.4, -0.2) is 36.6 Å². The number of rotatable bonds is 4. The average Bonchev–Trinajstić information content (AvgIpc) is 2.37. The maximum atomic E-state index is 11.5. The number of hydrogen-bond acceptors (Lipinski definition) is 4. The van der Waals surface area contributed by atoms with Crippen molar-refractivity contribution in [2.45, 2.75) is 31.3 Å². The first-order valence-corrected chi connectivity index (χ1v) is 5.89. The Morgan fingerprint density at radius 1 is 1.44 bits per heavy atom. The van der Waals surface area contributed by atoms with Gasteiger partial charge in [-0.25, -0.2) is 4.79 Å². The van der Waals surface area contributed by atoms with Crippen LogP contribution in [0.4, 0.5) is 4.79 Å². The van der Waals surface area contributed by atoms with E-state index in [9.17, 15) is 9.90 Å². The van der Waals surface area contributed by atoms with Gasteiger partial charge in [-0.2, -0.15) is 0 Å². The Hall–Kier alpha value is -1.59. The maximum absolute atomic E-state index is 11.5. The first-order valence-electron chi connectivity index (χ1n) is 5.89. The van der Waals surface area contributed by atoms with Crippen LogP contribution in [0.2, 0.25) is 0 Å². The molecule has 1 aromatic rings. The van der Waals surface area contributed by atoms with Gasteiger partial charge in [0.2, 0.25) is 0 Å². The van der Waals surface area contributed by atoms with Crippen molar-refractivity contribution >= 4 is 6.09 Å². The monoisotopic (exact) mass is 251 g/mol. The molecule has 2 N–H and O–H groups in total. The number of methoxy groups -OCH3 is 1. The highest BCUT2D eigenvalue weighted by molar-refractivity contribution is 5.68. The molecule has 1 aromatic carbocycles. The molecule has 0 spiro atoms. The minimum atomic E-state index is -0.505. The van der Waals surface area contributed by atoms with E-state index >= 15 is 0 Å². The van der Waals surface area contributed by atoms with Crippen LogP contribution in [0.1, 0.15) is 12.0 Å². The van der Waals surface area contributed by atoms with Crippen LogP contribution >= 0.6 is 0 Å². The standard InChI is InChI=1S/C13H17NO4/c1-17-12-10(7-11(12)15)14-13(16)18-8-9-5-3-2-4-6-9/h2-6,10-12,15H,7-8H2,1H3,(H,14,16)/t10?,11-,12-/m0/s1. The van der Waals surface area contributed by atoms with Gasteiger partial charge in [-0.3, -0.25) is 0 Å². The molecule has 1 aliphatic carbocycles. The molecule has 1 fully saturated rings. The molecule has 5 nitrogen and oxygen atoms in total. The largest absolute Gasteiger partial charge is 0.445 e. The van der Waals surface area contributed by atoms with Crippen molar-refractivity contribution in [3.8, 4) is 0 Å². The summed E-state index contributed by atoms with van der Waals surface area (Å²) in [5.74, 6) is 0. The van der Waals surface area contributed by atoms with Gasteiger partial charge in [0.15, 0.2) is 0 Å². The molecule has 98 valence electrons. The molecule has 1 aliphatic rings. The zero-order chi connectivity index (χ0) is 13.0. The zero-order valence-corrected chi connectivity index (χ0v) is 10.2. The van der Waals surface area contributed by atoms with Gasteiger partial charge >= 0.3 is 6.09 Å². The van der Waals surface area contributed by atoms with Crippen molar-refractivity contribution in [2.75, 3.05) is 7.11 Å². The molecular weight excluding hydrogens is 234 g/mol. The minimum Gasteiger partial charge on any atom is -0.445 e. The van der Waals surface area contributed by atoms with Crippen LogP contribution in [-0.2, 0) is 16.1 Å². The smallest absolute Gasteiger partial charge is 0.407 e. The lowest BCUT2D eigenvalue weighted by Gasteiger charge is -2.40. The number of nitrogens with one attached hydrogen (secondary N) is 1. The third kappa shape index (κ3) is 3.00. The summed E-state index contributed by atoms with van der Waals surface area (Å²) in [7, 11) is 1.51. The minimum absolute atomic E-state index is 0.173. The van der Waals surface area contributed by atoms with Crippen LogP contribution < -0.4 is 5.32 Å². The summed E-state index contributed by atoms with van der Waals surface area (Å²) < 4.78 is 10.1. The SMILES string of the molecule is CO[C@H]1C(NC(=O)OCc2ccccc2)C[C@@H]1O. The Balaban J connectivity index is 1.73. The zero-order valence-electron chi connectivity index (χ0n) is 10.2. The number of carbonyl (C=O) groups excluding carboxylic acids is 1. The van der Waals surface area contributed by atoms with E-state index in [1.807, 2.05) is 30.3 Å². The Bertz CT molecular complexity index is 395. The van der Waals surface area contributed by atoms with Crippen LogP contribution in [0.3, 0.4) is 0 Å². The maximum Gasteiger partial charge on any atom is 0.407 e. The van der Waals surface area contributed by atoms with Gasteiger partial charge < -0.3 is 19.9 Å². The van der Waals surface area contributed by atoms with Gasteiger partial charge in [0, 0.05) is 7.11 Å². The molecule has 0 saturated heterocycles. The fourth-order valence-corrected chi connectivity index (χ4v) is 1.98. The van der Waals surface area contributed by atoms with Crippen LogP contribution in [0.15, 0.2) is 30.3 Å². The predicted molar refractivity (Wildman–Crippen MR) is 65.0 cm³/mol. The van der Waals surface area contributed by atoms with Crippen molar-refractivity contribution < 1.29 is 19.4 Å². The number of alkyl carbamates (subject to hydrolysis) is 1. The van der Waals surface area contributed by atoms with Crippen molar-refractivity contribution in [2.24, 2.45) is 0 Å². The molecular formula is C13H17NO4. The fourth-order valence-electron chi connectivity index (χ4n) is 1.98. The number of ether oxygens (including phenoxy) is 2. The lowest BCUT2D eigenvalue weighted by molar-refractivity contribution is -0.0998. The topological polar surface area (TPSA) is 67.8 Å². The highest BCUT2D eigenvalue weighted by Gasteiger charge is 2.41. The number of aliphatic hydroxyl groups is 1. The van der Waals surface area contributed by atoms with Gasteiger partial charge in [0.25, 0.3) is 0 Å². The van der Waals surface area contributed by atoms with Gasteiger partial charge in [0.05, 0.1) is 12.1 Å². The second-order valence-electron chi connectivity index (χ2n) is 4.32. The average molecular weight is 251 g/mol. The normalized spacial score (nSPS) is 26.2. The Labute approximate surface area is 106 Å². The quantitative estimate of drug-likeness (QED) is 0.839. The van der Waals surface area contributed by atoms with E-state index in [0.29, 0.717) is 6.42 Å². The second-order valence-corrected chi connectivity index (χ2v) is 4.32. The Kier molecular flexibility index (Phi) is 4.17. The van der Waals surface area contributed by atoms with Crippen LogP contribution in [0.5, 0.6) is 0 Å². The third-order valence-corrected chi connectivity index (χ3v) is 3.06. The molecule has 3 atom stereocenters. The van der Waals surface area contributed by atoms with Gasteiger partial charge in [-0.05, 0) is 12.0 Å². The number of aliphatic hydroxyl groups excluding tert-OH is 1. The van der Waals surface area contributed by atoms with Gasteiger partial charge in [-0.1, -0.05) is 30.3 Å². The summed E-state index contributed by atoms with van der Waals surface area (Å²) in [6.07, 6.45) is -0.833. The van der Waals surface area contributed by atoms with E-state index in [-0.39, 0.29) is 18.8 Å². The van der Waals surface area contributed by atoms with Crippen molar-refractivity contribution in [3.63, 3.8) is 0 Å². The van der Waals surface area contributed by atoms with Crippen LogP contribution in [0, 0.1) is 0 Å². The molecule has 0 aromatic heterocycles.